The molecule has 0 aliphatic rings. The number of rotatable bonds is 1. The van der Waals surface area contributed by atoms with E-state index in [9.17, 15) is 0 Å². The van der Waals surface area contributed by atoms with E-state index in [1.807, 2.05) is 19.2 Å². The number of hydrogen-bond acceptors (Lipinski definition) is 4. The lowest BCUT2D eigenvalue weighted by atomic mass is 9.95. The van der Waals surface area contributed by atoms with Gasteiger partial charge in [0.05, 0.1) is 5.69 Å². The van der Waals surface area contributed by atoms with Gasteiger partial charge in [-0.15, -0.1) is 0 Å². The van der Waals surface area contributed by atoms with E-state index in [0.29, 0.717) is 5.82 Å². The molecule has 18 heavy (non-hydrogen) atoms. The molecule has 0 atom stereocenters. The smallest absolute Gasteiger partial charge is 0.136 e. The van der Waals surface area contributed by atoms with Crippen LogP contribution in [0.5, 0.6) is 0 Å². The Morgan fingerprint density at radius 3 is 2.39 bits per heavy atom. The molecule has 0 aromatic carbocycles. The lowest BCUT2D eigenvalue weighted by Gasteiger charge is -2.17. The van der Waals surface area contributed by atoms with Gasteiger partial charge in [-0.2, -0.15) is 0 Å². The second kappa shape index (κ2) is 4.37. The Kier molecular flexibility index (Phi) is 3.03. The van der Waals surface area contributed by atoms with Crippen molar-refractivity contribution in [2.24, 2.45) is 0 Å². The minimum atomic E-state index is -0.124. The number of aryl methyl sites for hydroxylation is 1. The molecule has 0 radical (unpaired) electrons. The fraction of sp³-hybridized carbons (Fsp3) is 0.357. The average molecular weight is 242 g/mol. The number of nitrogen functional groups attached to an aromatic ring is 1. The maximum atomic E-state index is 5.86. The molecule has 2 aromatic heterocycles. The second-order valence-electron chi connectivity index (χ2n) is 5.50. The highest BCUT2D eigenvalue weighted by atomic mass is 15.0. The molecule has 0 fully saturated rings. The zero-order chi connectivity index (χ0) is 13.3. The Labute approximate surface area is 107 Å². The molecule has 0 aliphatic carbocycles. The molecular weight excluding hydrogens is 224 g/mol. The van der Waals surface area contributed by atoms with E-state index in [1.165, 1.54) is 0 Å². The second-order valence-corrected chi connectivity index (χ2v) is 5.50. The molecule has 0 saturated heterocycles. The lowest BCUT2D eigenvalue weighted by molar-refractivity contribution is 0.547. The van der Waals surface area contributed by atoms with E-state index in [1.54, 1.807) is 12.3 Å². The minimum Gasteiger partial charge on any atom is -0.384 e. The topological polar surface area (TPSA) is 64.7 Å². The van der Waals surface area contributed by atoms with Crippen LogP contribution in [0.25, 0.3) is 11.3 Å². The third-order valence-corrected chi connectivity index (χ3v) is 2.59. The molecule has 0 aliphatic heterocycles. The summed E-state index contributed by atoms with van der Waals surface area (Å²) in [6, 6.07) is 3.83. The molecule has 2 aromatic rings. The van der Waals surface area contributed by atoms with Gasteiger partial charge in [-0.05, 0) is 18.6 Å². The molecule has 4 nitrogen and oxygen atoms in total. The monoisotopic (exact) mass is 242 g/mol. The molecular formula is C14H18N4. The van der Waals surface area contributed by atoms with Crippen LogP contribution < -0.4 is 5.73 Å². The molecule has 2 rings (SSSR count). The summed E-state index contributed by atoms with van der Waals surface area (Å²) in [6.07, 6.45) is 3.61. The summed E-state index contributed by atoms with van der Waals surface area (Å²) in [7, 11) is 0. The summed E-state index contributed by atoms with van der Waals surface area (Å²) in [5, 5.41) is 0. The number of nitrogens with two attached hydrogens (primary N) is 1. The van der Waals surface area contributed by atoms with Crippen molar-refractivity contribution in [3.63, 3.8) is 0 Å². The van der Waals surface area contributed by atoms with E-state index in [2.05, 4.69) is 35.7 Å². The third-order valence-electron chi connectivity index (χ3n) is 2.59. The Bertz CT molecular complexity index is 570. The summed E-state index contributed by atoms with van der Waals surface area (Å²) in [6.45, 7) is 8.21. The van der Waals surface area contributed by atoms with Crippen LogP contribution in [0.15, 0.2) is 24.5 Å². The van der Waals surface area contributed by atoms with Crippen molar-refractivity contribution in [3.8, 4) is 11.3 Å². The summed E-state index contributed by atoms with van der Waals surface area (Å²) < 4.78 is 0. The molecule has 0 amide bonds. The van der Waals surface area contributed by atoms with Crippen molar-refractivity contribution >= 4 is 5.82 Å². The molecule has 94 valence electrons. The Hall–Kier alpha value is -1.97. The van der Waals surface area contributed by atoms with E-state index >= 15 is 0 Å². The van der Waals surface area contributed by atoms with Crippen LogP contribution >= 0.6 is 0 Å². The van der Waals surface area contributed by atoms with E-state index < -0.39 is 0 Å². The Balaban J connectivity index is 2.55. The first kappa shape index (κ1) is 12.5. The predicted molar refractivity (Wildman–Crippen MR) is 73.1 cm³/mol. The minimum absolute atomic E-state index is 0.124. The van der Waals surface area contributed by atoms with Crippen molar-refractivity contribution in [1.29, 1.82) is 0 Å². The maximum Gasteiger partial charge on any atom is 0.136 e. The van der Waals surface area contributed by atoms with Gasteiger partial charge in [0.15, 0.2) is 0 Å². The zero-order valence-electron chi connectivity index (χ0n) is 11.2. The van der Waals surface area contributed by atoms with Gasteiger partial charge in [-0.1, -0.05) is 20.8 Å². The fourth-order valence-electron chi connectivity index (χ4n) is 1.64. The first-order valence-electron chi connectivity index (χ1n) is 5.93. The van der Waals surface area contributed by atoms with Gasteiger partial charge in [0, 0.05) is 29.4 Å². The van der Waals surface area contributed by atoms with Crippen LogP contribution in [0.3, 0.4) is 0 Å². The van der Waals surface area contributed by atoms with Crippen molar-refractivity contribution < 1.29 is 0 Å². The van der Waals surface area contributed by atoms with Crippen molar-refractivity contribution in [2.75, 3.05) is 5.73 Å². The van der Waals surface area contributed by atoms with Crippen LogP contribution in [-0.4, -0.2) is 15.0 Å². The number of nitrogens with zero attached hydrogens (tertiary/aromatic N) is 3. The lowest BCUT2D eigenvalue weighted by Crippen LogP contribution is -2.17. The first-order valence-corrected chi connectivity index (χ1v) is 5.93. The SMILES string of the molecule is Cc1cncc(-c2cc(N)nc(C(C)(C)C)n2)c1. The molecule has 2 heterocycles. The van der Waals surface area contributed by atoms with Crippen LogP contribution in [0.1, 0.15) is 32.2 Å². The number of aromatic nitrogens is 3. The molecule has 2 N–H and O–H groups in total. The predicted octanol–water partition coefficient (Wildman–Crippen LogP) is 2.73. The van der Waals surface area contributed by atoms with E-state index in [-0.39, 0.29) is 5.41 Å². The molecule has 0 spiro atoms. The van der Waals surface area contributed by atoms with Crippen molar-refractivity contribution in [2.45, 2.75) is 33.1 Å². The quantitative estimate of drug-likeness (QED) is 0.835. The number of hydrogen-bond donors (Lipinski definition) is 1. The van der Waals surface area contributed by atoms with Gasteiger partial charge in [0.25, 0.3) is 0 Å². The summed E-state index contributed by atoms with van der Waals surface area (Å²) in [5.41, 5.74) is 8.63. The summed E-state index contributed by atoms with van der Waals surface area (Å²) in [5.74, 6) is 1.24. The van der Waals surface area contributed by atoms with Crippen LogP contribution in [0.2, 0.25) is 0 Å². The molecule has 4 heteroatoms. The number of anilines is 1. The van der Waals surface area contributed by atoms with Gasteiger partial charge in [-0.25, -0.2) is 9.97 Å². The summed E-state index contributed by atoms with van der Waals surface area (Å²) in [4.78, 5) is 13.1. The number of pyridine rings is 1. The van der Waals surface area contributed by atoms with Crippen molar-refractivity contribution in [1.82, 2.24) is 15.0 Å². The first-order chi connectivity index (χ1) is 8.36. The highest BCUT2D eigenvalue weighted by Crippen LogP contribution is 2.24. The Morgan fingerprint density at radius 2 is 1.78 bits per heavy atom. The summed E-state index contributed by atoms with van der Waals surface area (Å²) >= 11 is 0. The normalized spacial score (nSPS) is 11.6. The highest BCUT2D eigenvalue weighted by molar-refractivity contribution is 5.61. The maximum absolute atomic E-state index is 5.86. The fourth-order valence-corrected chi connectivity index (χ4v) is 1.64. The molecule has 0 bridgehead atoms. The average Bonchev–Trinajstić information content (AvgIpc) is 2.27. The van der Waals surface area contributed by atoms with E-state index in [0.717, 1.165) is 22.6 Å². The van der Waals surface area contributed by atoms with Crippen LogP contribution in [0.4, 0.5) is 5.82 Å². The molecule has 0 unspecified atom stereocenters. The molecule has 0 saturated carbocycles. The van der Waals surface area contributed by atoms with Gasteiger partial charge >= 0.3 is 0 Å². The highest BCUT2D eigenvalue weighted by Gasteiger charge is 2.19. The van der Waals surface area contributed by atoms with Gasteiger partial charge in [0.2, 0.25) is 0 Å². The zero-order valence-corrected chi connectivity index (χ0v) is 11.2. The van der Waals surface area contributed by atoms with Gasteiger partial charge in [-0.3, -0.25) is 4.98 Å². The van der Waals surface area contributed by atoms with E-state index in [4.69, 9.17) is 5.73 Å². The van der Waals surface area contributed by atoms with Crippen molar-refractivity contribution in [3.05, 3.63) is 35.9 Å². The Morgan fingerprint density at radius 1 is 1.06 bits per heavy atom. The van der Waals surface area contributed by atoms with Gasteiger partial charge < -0.3 is 5.73 Å². The largest absolute Gasteiger partial charge is 0.384 e. The van der Waals surface area contributed by atoms with Gasteiger partial charge in [0.1, 0.15) is 11.6 Å². The third kappa shape index (κ3) is 2.64. The standard InChI is InChI=1S/C14H18N4/c1-9-5-10(8-16-7-9)11-6-12(15)18-13(17-11)14(2,3)4/h5-8H,1-4H3,(H2,15,17,18). The van der Waals surface area contributed by atoms with Crippen LogP contribution in [0, 0.1) is 6.92 Å². The van der Waals surface area contributed by atoms with Crippen LogP contribution in [-0.2, 0) is 5.41 Å².